The monoisotopic (exact) mass is 361 g/mol. The lowest BCUT2D eigenvalue weighted by atomic mass is 10.2. The van der Waals surface area contributed by atoms with E-state index >= 15 is 0 Å². The third kappa shape index (κ3) is 4.95. The zero-order valence-corrected chi connectivity index (χ0v) is 14.3. The number of para-hydroxylation sites is 1. The number of rotatable bonds is 5. The largest absolute Gasteiger partial charge is 0.493 e. The van der Waals surface area contributed by atoms with Gasteiger partial charge in [0, 0.05) is 16.3 Å². The summed E-state index contributed by atoms with van der Waals surface area (Å²) in [6, 6.07) is 11.7. The lowest BCUT2D eigenvalue weighted by Crippen LogP contribution is -2.32. The van der Waals surface area contributed by atoms with Crippen LogP contribution in [0.2, 0.25) is 5.02 Å². The number of amides is 2. The summed E-state index contributed by atoms with van der Waals surface area (Å²) in [4.78, 5) is 23.6. The van der Waals surface area contributed by atoms with Gasteiger partial charge >= 0.3 is 11.8 Å². The van der Waals surface area contributed by atoms with Crippen LogP contribution in [0, 0.1) is 0 Å². The Morgan fingerprint density at radius 3 is 2.52 bits per heavy atom. The van der Waals surface area contributed by atoms with Crippen LogP contribution >= 0.6 is 11.6 Å². The summed E-state index contributed by atoms with van der Waals surface area (Å²) in [6.45, 7) is 0. The van der Waals surface area contributed by atoms with Gasteiger partial charge in [0.05, 0.1) is 20.4 Å². The Morgan fingerprint density at radius 1 is 1.08 bits per heavy atom. The van der Waals surface area contributed by atoms with E-state index in [1.165, 1.54) is 26.5 Å². The average molecular weight is 362 g/mol. The molecule has 0 fully saturated rings. The van der Waals surface area contributed by atoms with Gasteiger partial charge in [0.2, 0.25) is 0 Å². The summed E-state index contributed by atoms with van der Waals surface area (Å²) in [5, 5.41) is 6.62. The van der Waals surface area contributed by atoms with Gasteiger partial charge in [-0.05, 0) is 30.3 Å². The summed E-state index contributed by atoms with van der Waals surface area (Å²) in [7, 11) is 3.01. The number of anilines is 1. The van der Waals surface area contributed by atoms with Crippen LogP contribution in [0.3, 0.4) is 0 Å². The molecule has 0 radical (unpaired) electrons. The van der Waals surface area contributed by atoms with Crippen molar-refractivity contribution in [3.63, 3.8) is 0 Å². The van der Waals surface area contributed by atoms with Crippen LogP contribution in [0.1, 0.15) is 5.56 Å². The molecule has 2 aromatic rings. The van der Waals surface area contributed by atoms with E-state index < -0.39 is 11.8 Å². The van der Waals surface area contributed by atoms with Crippen LogP contribution in [0.4, 0.5) is 5.69 Å². The third-order valence-corrected chi connectivity index (χ3v) is 3.33. The second-order valence-electron chi connectivity index (χ2n) is 4.75. The quantitative estimate of drug-likeness (QED) is 0.486. The van der Waals surface area contributed by atoms with Gasteiger partial charge in [-0.3, -0.25) is 9.59 Å². The maximum atomic E-state index is 11.8. The fourth-order valence-electron chi connectivity index (χ4n) is 1.98. The normalized spacial score (nSPS) is 10.4. The highest BCUT2D eigenvalue weighted by molar-refractivity contribution is 6.39. The topological polar surface area (TPSA) is 89.0 Å². The molecule has 2 amide bonds. The van der Waals surface area contributed by atoms with Crippen LogP contribution in [-0.2, 0) is 9.59 Å². The molecule has 0 aliphatic heterocycles. The maximum absolute atomic E-state index is 11.8. The number of hydrogen-bond acceptors (Lipinski definition) is 5. The minimum absolute atomic E-state index is 0.408. The van der Waals surface area contributed by atoms with Gasteiger partial charge in [-0.1, -0.05) is 23.7 Å². The predicted molar refractivity (Wildman–Crippen MR) is 95.4 cm³/mol. The predicted octanol–water partition coefficient (Wildman–Crippen LogP) is 2.45. The summed E-state index contributed by atoms with van der Waals surface area (Å²) in [5.74, 6) is -0.794. The van der Waals surface area contributed by atoms with Crippen molar-refractivity contribution in [2.24, 2.45) is 5.10 Å². The molecular weight excluding hydrogens is 346 g/mol. The number of benzene rings is 2. The second kappa shape index (κ2) is 8.70. The molecule has 8 heteroatoms. The Bertz CT molecular complexity index is 808. The number of hydrogen-bond donors (Lipinski definition) is 2. The van der Waals surface area contributed by atoms with Gasteiger partial charge < -0.3 is 14.8 Å². The Hall–Kier alpha value is -3.06. The van der Waals surface area contributed by atoms with Crippen molar-refractivity contribution in [3.8, 4) is 11.5 Å². The summed E-state index contributed by atoms with van der Waals surface area (Å²) in [6.07, 6.45) is 1.35. The maximum Gasteiger partial charge on any atom is 0.329 e. The standard InChI is InChI=1S/C17H16ClN3O4/c1-24-14-8-3-5-11(15(14)25-2)10-19-21-17(23)16(22)20-13-7-4-6-12(18)9-13/h3-10H,1-2H3,(H,20,22)(H,21,23). The van der Waals surface area contributed by atoms with Crippen molar-refractivity contribution in [2.75, 3.05) is 19.5 Å². The van der Waals surface area contributed by atoms with Gasteiger partial charge in [-0.2, -0.15) is 5.10 Å². The van der Waals surface area contributed by atoms with Crippen LogP contribution in [0.15, 0.2) is 47.6 Å². The average Bonchev–Trinajstić information content (AvgIpc) is 2.61. The number of halogens is 1. The van der Waals surface area contributed by atoms with E-state index in [0.29, 0.717) is 27.8 Å². The summed E-state index contributed by atoms with van der Waals surface area (Å²) < 4.78 is 10.4. The van der Waals surface area contributed by atoms with Crippen LogP contribution < -0.4 is 20.2 Å². The molecule has 0 saturated heterocycles. The summed E-state index contributed by atoms with van der Waals surface area (Å²) >= 11 is 5.82. The number of carbonyl (C=O) groups excluding carboxylic acids is 2. The molecule has 0 bridgehead atoms. The van der Waals surface area contributed by atoms with Crippen LogP contribution in [-0.4, -0.2) is 32.2 Å². The fraction of sp³-hybridized carbons (Fsp3) is 0.118. The molecule has 0 spiro atoms. The van der Waals surface area contributed by atoms with E-state index in [1.54, 1.807) is 36.4 Å². The molecule has 25 heavy (non-hydrogen) atoms. The molecule has 2 N–H and O–H groups in total. The van der Waals surface area contributed by atoms with E-state index in [4.69, 9.17) is 21.1 Å². The molecule has 0 heterocycles. The first-order valence-electron chi connectivity index (χ1n) is 7.16. The Labute approximate surface area is 149 Å². The molecule has 0 unspecified atom stereocenters. The highest BCUT2D eigenvalue weighted by Crippen LogP contribution is 2.29. The van der Waals surface area contributed by atoms with Crippen molar-refractivity contribution in [3.05, 3.63) is 53.1 Å². The van der Waals surface area contributed by atoms with Crippen LogP contribution in [0.5, 0.6) is 11.5 Å². The van der Waals surface area contributed by atoms with E-state index in [2.05, 4.69) is 15.8 Å². The van der Waals surface area contributed by atoms with E-state index in [0.717, 1.165) is 0 Å². The fourth-order valence-corrected chi connectivity index (χ4v) is 2.17. The van der Waals surface area contributed by atoms with Crippen LogP contribution in [0.25, 0.3) is 0 Å². The molecular formula is C17H16ClN3O4. The molecule has 130 valence electrons. The molecule has 0 aliphatic carbocycles. The van der Waals surface area contributed by atoms with E-state index in [9.17, 15) is 9.59 Å². The van der Waals surface area contributed by atoms with Crippen molar-refractivity contribution in [2.45, 2.75) is 0 Å². The van der Waals surface area contributed by atoms with E-state index in [-0.39, 0.29) is 0 Å². The minimum atomic E-state index is -0.918. The Morgan fingerprint density at radius 2 is 1.84 bits per heavy atom. The Balaban J connectivity index is 1.99. The van der Waals surface area contributed by atoms with Gasteiger partial charge in [-0.15, -0.1) is 0 Å². The lowest BCUT2D eigenvalue weighted by Gasteiger charge is -2.09. The SMILES string of the molecule is COc1cccc(C=NNC(=O)C(=O)Nc2cccc(Cl)c2)c1OC. The van der Waals surface area contributed by atoms with Crippen molar-refractivity contribution >= 4 is 35.3 Å². The molecule has 7 nitrogen and oxygen atoms in total. The highest BCUT2D eigenvalue weighted by Gasteiger charge is 2.13. The molecule has 2 rings (SSSR count). The first-order chi connectivity index (χ1) is 12.0. The molecule has 2 aromatic carbocycles. The molecule has 0 aromatic heterocycles. The zero-order chi connectivity index (χ0) is 18.2. The zero-order valence-electron chi connectivity index (χ0n) is 13.6. The number of ether oxygens (including phenoxy) is 2. The number of hydrazone groups is 1. The number of nitrogens with zero attached hydrogens (tertiary/aromatic N) is 1. The summed E-state index contributed by atoms with van der Waals surface area (Å²) in [5.41, 5.74) is 3.13. The minimum Gasteiger partial charge on any atom is -0.493 e. The van der Waals surface area contributed by atoms with Crippen molar-refractivity contribution in [1.82, 2.24) is 5.43 Å². The second-order valence-corrected chi connectivity index (χ2v) is 5.18. The van der Waals surface area contributed by atoms with Crippen molar-refractivity contribution in [1.29, 1.82) is 0 Å². The van der Waals surface area contributed by atoms with E-state index in [1.807, 2.05) is 0 Å². The Kier molecular flexibility index (Phi) is 6.36. The number of carbonyl (C=O) groups is 2. The van der Waals surface area contributed by atoms with Gasteiger partial charge in [0.15, 0.2) is 11.5 Å². The molecule has 0 atom stereocenters. The first kappa shape index (κ1) is 18.3. The first-order valence-corrected chi connectivity index (χ1v) is 7.54. The molecule has 0 saturated carbocycles. The number of nitrogens with one attached hydrogen (secondary N) is 2. The third-order valence-electron chi connectivity index (χ3n) is 3.09. The van der Waals surface area contributed by atoms with Gasteiger partial charge in [-0.25, -0.2) is 5.43 Å². The highest BCUT2D eigenvalue weighted by atomic mass is 35.5. The smallest absolute Gasteiger partial charge is 0.329 e. The van der Waals surface area contributed by atoms with Gasteiger partial charge in [0.1, 0.15) is 0 Å². The number of methoxy groups -OCH3 is 2. The van der Waals surface area contributed by atoms with Gasteiger partial charge in [0.25, 0.3) is 0 Å². The van der Waals surface area contributed by atoms with Crippen molar-refractivity contribution < 1.29 is 19.1 Å². The lowest BCUT2D eigenvalue weighted by molar-refractivity contribution is -0.136. The molecule has 0 aliphatic rings.